The number of benzene rings is 1. The molecule has 2 unspecified atom stereocenters. The number of carbonyl (C=O) groups is 1. The summed E-state index contributed by atoms with van der Waals surface area (Å²) in [7, 11) is 0. The van der Waals surface area contributed by atoms with Gasteiger partial charge in [-0.25, -0.2) is 0 Å². The first-order chi connectivity index (χ1) is 10.0. The number of hydrogen-bond acceptors (Lipinski definition) is 2. The lowest BCUT2D eigenvalue weighted by molar-refractivity contribution is -0.137. The van der Waals surface area contributed by atoms with E-state index in [9.17, 15) is 4.79 Å². The molecular weight excluding hydrogens is 260 g/mol. The molecule has 1 fully saturated rings. The molecule has 1 aliphatic rings. The van der Waals surface area contributed by atoms with Crippen molar-refractivity contribution in [3.05, 3.63) is 35.9 Å². The molecule has 1 amide bonds. The molecule has 116 valence electrons. The van der Waals surface area contributed by atoms with Gasteiger partial charge in [-0.15, -0.1) is 0 Å². The van der Waals surface area contributed by atoms with Gasteiger partial charge in [0.2, 0.25) is 5.91 Å². The Morgan fingerprint density at radius 3 is 2.43 bits per heavy atom. The van der Waals surface area contributed by atoms with Crippen LogP contribution in [0.25, 0.3) is 0 Å². The molecule has 21 heavy (non-hydrogen) atoms. The third-order valence-electron chi connectivity index (χ3n) is 4.82. The molecule has 0 saturated heterocycles. The van der Waals surface area contributed by atoms with E-state index in [1.54, 1.807) is 0 Å². The minimum absolute atomic E-state index is 0.104. The van der Waals surface area contributed by atoms with Crippen LogP contribution in [0.4, 0.5) is 0 Å². The van der Waals surface area contributed by atoms with E-state index in [-0.39, 0.29) is 23.9 Å². The Bertz CT molecular complexity index is 456. The molecular formula is C18H28N2O. The molecule has 1 saturated carbocycles. The SMILES string of the molecule is CCC(C)[C@H](N)C(=O)N(Cc1ccccc1)C(C)C1CC1. The summed E-state index contributed by atoms with van der Waals surface area (Å²) in [6.07, 6.45) is 3.40. The van der Waals surface area contributed by atoms with Gasteiger partial charge in [-0.05, 0) is 37.2 Å². The molecule has 3 atom stereocenters. The summed E-state index contributed by atoms with van der Waals surface area (Å²) in [6, 6.07) is 10.1. The summed E-state index contributed by atoms with van der Waals surface area (Å²) in [5.74, 6) is 0.983. The first-order valence-corrected chi connectivity index (χ1v) is 8.14. The summed E-state index contributed by atoms with van der Waals surface area (Å²) in [6.45, 7) is 6.98. The maximum atomic E-state index is 12.8. The maximum absolute atomic E-state index is 12.8. The third kappa shape index (κ3) is 4.07. The predicted octanol–water partition coefficient (Wildman–Crippen LogP) is 3.19. The standard InChI is InChI=1S/C18H28N2O/c1-4-13(2)17(19)18(21)20(14(3)16-10-11-16)12-15-8-6-5-7-9-15/h5-9,13-14,16-17H,4,10-12,19H2,1-3H3/t13?,14?,17-/m0/s1. The van der Waals surface area contributed by atoms with E-state index >= 15 is 0 Å². The lowest BCUT2D eigenvalue weighted by Crippen LogP contribution is -2.50. The van der Waals surface area contributed by atoms with Gasteiger partial charge in [0.05, 0.1) is 6.04 Å². The quantitative estimate of drug-likeness (QED) is 0.837. The van der Waals surface area contributed by atoms with Crippen LogP contribution in [0.15, 0.2) is 30.3 Å². The van der Waals surface area contributed by atoms with Crippen LogP contribution >= 0.6 is 0 Å². The number of nitrogens with two attached hydrogens (primary N) is 1. The second-order valence-corrected chi connectivity index (χ2v) is 6.44. The van der Waals surface area contributed by atoms with Gasteiger partial charge >= 0.3 is 0 Å². The Morgan fingerprint density at radius 2 is 1.90 bits per heavy atom. The second kappa shape index (κ2) is 7.08. The first kappa shape index (κ1) is 16.0. The fraction of sp³-hybridized carbons (Fsp3) is 0.611. The minimum Gasteiger partial charge on any atom is -0.334 e. The fourth-order valence-electron chi connectivity index (χ4n) is 2.72. The number of carbonyl (C=O) groups excluding carboxylic acids is 1. The molecule has 0 heterocycles. The average Bonchev–Trinajstić information content (AvgIpc) is 3.35. The molecule has 0 radical (unpaired) electrons. The lowest BCUT2D eigenvalue weighted by atomic mass is 9.97. The Balaban J connectivity index is 2.13. The third-order valence-corrected chi connectivity index (χ3v) is 4.82. The fourth-order valence-corrected chi connectivity index (χ4v) is 2.72. The molecule has 3 heteroatoms. The molecule has 0 aliphatic heterocycles. The number of amides is 1. The van der Waals surface area contributed by atoms with E-state index in [0.717, 1.165) is 6.42 Å². The van der Waals surface area contributed by atoms with Gasteiger partial charge in [0.15, 0.2) is 0 Å². The van der Waals surface area contributed by atoms with Crippen molar-refractivity contribution in [1.29, 1.82) is 0 Å². The van der Waals surface area contributed by atoms with E-state index < -0.39 is 0 Å². The van der Waals surface area contributed by atoms with Crippen molar-refractivity contribution in [1.82, 2.24) is 4.90 Å². The number of hydrogen-bond donors (Lipinski definition) is 1. The number of nitrogens with zero attached hydrogens (tertiary/aromatic N) is 1. The smallest absolute Gasteiger partial charge is 0.240 e. The van der Waals surface area contributed by atoms with Crippen molar-refractivity contribution in [2.45, 2.75) is 58.7 Å². The van der Waals surface area contributed by atoms with Crippen LogP contribution < -0.4 is 5.73 Å². The van der Waals surface area contributed by atoms with Crippen molar-refractivity contribution < 1.29 is 4.79 Å². The van der Waals surface area contributed by atoms with Gasteiger partial charge in [0.25, 0.3) is 0 Å². The minimum atomic E-state index is -0.389. The summed E-state index contributed by atoms with van der Waals surface area (Å²) in [5, 5.41) is 0. The molecule has 0 aromatic heterocycles. The Hall–Kier alpha value is -1.35. The van der Waals surface area contributed by atoms with Gasteiger partial charge < -0.3 is 10.6 Å². The highest BCUT2D eigenvalue weighted by Crippen LogP contribution is 2.36. The van der Waals surface area contributed by atoms with Crippen molar-refractivity contribution in [3.8, 4) is 0 Å². The highest BCUT2D eigenvalue weighted by Gasteiger charge is 2.36. The highest BCUT2D eigenvalue weighted by atomic mass is 16.2. The molecule has 3 nitrogen and oxygen atoms in total. The van der Waals surface area contributed by atoms with Gasteiger partial charge in [-0.2, -0.15) is 0 Å². The van der Waals surface area contributed by atoms with Gasteiger partial charge in [-0.3, -0.25) is 4.79 Å². The van der Waals surface area contributed by atoms with Crippen LogP contribution in [0.3, 0.4) is 0 Å². The van der Waals surface area contributed by atoms with Crippen molar-refractivity contribution >= 4 is 5.91 Å². The Morgan fingerprint density at radius 1 is 1.29 bits per heavy atom. The van der Waals surface area contributed by atoms with Crippen LogP contribution in [-0.2, 0) is 11.3 Å². The predicted molar refractivity (Wildman–Crippen MR) is 86.6 cm³/mol. The Labute approximate surface area is 128 Å². The zero-order valence-electron chi connectivity index (χ0n) is 13.5. The topological polar surface area (TPSA) is 46.3 Å². The van der Waals surface area contributed by atoms with Crippen LogP contribution in [0.1, 0.15) is 45.6 Å². The van der Waals surface area contributed by atoms with Crippen molar-refractivity contribution in [2.24, 2.45) is 17.6 Å². The second-order valence-electron chi connectivity index (χ2n) is 6.44. The average molecular weight is 288 g/mol. The maximum Gasteiger partial charge on any atom is 0.240 e. The summed E-state index contributed by atoms with van der Waals surface area (Å²) in [4.78, 5) is 14.8. The van der Waals surface area contributed by atoms with Gasteiger partial charge in [0, 0.05) is 12.6 Å². The molecule has 0 bridgehead atoms. The zero-order valence-corrected chi connectivity index (χ0v) is 13.5. The summed E-state index contributed by atoms with van der Waals surface area (Å²) >= 11 is 0. The lowest BCUT2D eigenvalue weighted by Gasteiger charge is -2.33. The monoisotopic (exact) mass is 288 g/mol. The van der Waals surface area contributed by atoms with Gasteiger partial charge in [-0.1, -0.05) is 50.6 Å². The van der Waals surface area contributed by atoms with E-state index in [2.05, 4.69) is 32.9 Å². The Kier molecular flexibility index (Phi) is 5.40. The van der Waals surface area contributed by atoms with Gasteiger partial charge in [0.1, 0.15) is 0 Å². The van der Waals surface area contributed by atoms with Crippen LogP contribution in [0, 0.1) is 11.8 Å². The van der Waals surface area contributed by atoms with Crippen molar-refractivity contribution in [3.63, 3.8) is 0 Å². The first-order valence-electron chi connectivity index (χ1n) is 8.14. The van der Waals surface area contributed by atoms with E-state index in [1.165, 1.54) is 18.4 Å². The normalized spacial score (nSPS) is 18.9. The molecule has 2 rings (SSSR count). The molecule has 1 aromatic carbocycles. The summed E-state index contributed by atoms with van der Waals surface area (Å²) < 4.78 is 0. The summed E-state index contributed by atoms with van der Waals surface area (Å²) in [5.41, 5.74) is 7.37. The van der Waals surface area contributed by atoms with Crippen LogP contribution in [0.2, 0.25) is 0 Å². The highest BCUT2D eigenvalue weighted by molar-refractivity contribution is 5.82. The molecule has 1 aromatic rings. The molecule has 1 aliphatic carbocycles. The molecule has 0 spiro atoms. The largest absolute Gasteiger partial charge is 0.334 e. The van der Waals surface area contributed by atoms with E-state index in [4.69, 9.17) is 5.73 Å². The van der Waals surface area contributed by atoms with E-state index in [0.29, 0.717) is 12.5 Å². The number of rotatable bonds is 7. The van der Waals surface area contributed by atoms with E-state index in [1.807, 2.05) is 23.1 Å². The zero-order chi connectivity index (χ0) is 15.4. The molecule has 2 N–H and O–H groups in total. The van der Waals surface area contributed by atoms with Crippen LogP contribution in [-0.4, -0.2) is 22.9 Å². The van der Waals surface area contributed by atoms with Crippen LogP contribution in [0.5, 0.6) is 0 Å². The van der Waals surface area contributed by atoms with Crippen molar-refractivity contribution in [2.75, 3.05) is 0 Å².